The second kappa shape index (κ2) is 9.53. The molecule has 2 aliphatic rings. The summed E-state index contributed by atoms with van der Waals surface area (Å²) in [6.07, 6.45) is 7.36. The van der Waals surface area contributed by atoms with Crippen LogP contribution in [0, 0.1) is 11.8 Å². The SMILES string of the molecule is C=C(O)c1cc(OCC2CCC([C@H](N)C(=O)N(C)C3CCC3)CC2)ccc1OC. The standard InChI is InChI=1S/C23H34N2O4/c1-15(26)20-13-19(11-12-21(20)28-3)29-14-16-7-9-17(10-8-16)22(24)23(27)25(2)18-5-4-6-18/h11-13,16-18,22,26H,1,4-10,14,24H2,2-3H3/t16?,17?,22-/m0/s1. The molecule has 29 heavy (non-hydrogen) atoms. The molecule has 3 rings (SSSR count). The third-order valence-electron chi connectivity index (χ3n) is 6.62. The fourth-order valence-corrected chi connectivity index (χ4v) is 4.32. The van der Waals surface area contributed by atoms with Crippen LogP contribution in [0.15, 0.2) is 24.8 Å². The zero-order chi connectivity index (χ0) is 21.0. The number of nitrogens with two attached hydrogens (primary N) is 1. The van der Waals surface area contributed by atoms with E-state index in [1.165, 1.54) is 6.42 Å². The highest BCUT2D eigenvalue weighted by Crippen LogP contribution is 2.33. The van der Waals surface area contributed by atoms with Gasteiger partial charge in [-0.15, -0.1) is 0 Å². The van der Waals surface area contributed by atoms with E-state index in [2.05, 4.69) is 6.58 Å². The minimum atomic E-state index is -0.387. The highest BCUT2D eigenvalue weighted by atomic mass is 16.5. The van der Waals surface area contributed by atoms with Crippen LogP contribution in [-0.4, -0.2) is 48.8 Å². The van der Waals surface area contributed by atoms with Crippen molar-refractivity contribution in [3.8, 4) is 11.5 Å². The molecule has 160 valence electrons. The summed E-state index contributed by atoms with van der Waals surface area (Å²) in [4.78, 5) is 14.5. The molecule has 6 heteroatoms. The molecule has 0 spiro atoms. The maximum Gasteiger partial charge on any atom is 0.239 e. The Labute approximate surface area is 173 Å². The van der Waals surface area contributed by atoms with Gasteiger partial charge in [-0.3, -0.25) is 4.79 Å². The first-order chi connectivity index (χ1) is 13.9. The van der Waals surface area contributed by atoms with Gasteiger partial charge in [-0.05, 0) is 75.0 Å². The van der Waals surface area contributed by atoms with Crippen molar-refractivity contribution >= 4 is 11.7 Å². The fourth-order valence-electron chi connectivity index (χ4n) is 4.32. The summed E-state index contributed by atoms with van der Waals surface area (Å²) in [5.41, 5.74) is 6.86. The van der Waals surface area contributed by atoms with E-state index in [1.54, 1.807) is 19.2 Å². The van der Waals surface area contributed by atoms with E-state index < -0.39 is 0 Å². The quantitative estimate of drug-likeness (QED) is 0.647. The molecule has 1 aromatic rings. The molecule has 0 radical (unpaired) electrons. The van der Waals surface area contributed by atoms with Gasteiger partial charge in [-0.25, -0.2) is 0 Å². The van der Waals surface area contributed by atoms with Crippen LogP contribution in [0.4, 0.5) is 0 Å². The smallest absolute Gasteiger partial charge is 0.239 e. The lowest BCUT2D eigenvalue weighted by Gasteiger charge is -2.38. The van der Waals surface area contributed by atoms with Crippen LogP contribution in [0.2, 0.25) is 0 Å². The van der Waals surface area contributed by atoms with Crippen LogP contribution in [0.3, 0.4) is 0 Å². The van der Waals surface area contributed by atoms with Crippen molar-refractivity contribution in [2.45, 2.75) is 57.0 Å². The zero-order valence-corrected chi connectivity index (χ0v) is 17.6. The van der Waals surface area contributed by atoms with Crippen molar-refractivity contribution < 1.29 is 19.4 Å². The lowest BCUT2D eigenvalue weighted by atomic mass is 9.78. The molecule has 6 nitrogen and oxygen atoms in total. The summed E-state index contributed by atoms with van der Waals surface area (Å²) in [5.74, 6) is 2.01. The number of hydrogen-bond acceptors (Lipinski definition) is 5. The van der Waals surface area contributed by atoms with Crippen molar-refractivity contribution in [1.82, 2.24) is 4.90 Å². The Bertz CT molecular complexity index is 724. The highest BCUT2D eigenvalue weighted by molar-refractivity contribution is 5.82. The van der Waals surface area contributed by atoms with E-state index in [0.29, 0.717) is 35.6 Å². The summed E-state index contributed by atoms with van der Waals surface area (Å²) >= 11 is 0. The Morgan fingerprint density at radius 2 is 1.97 bits per heavy atom. The fraction of sp³-hybridized carbons (Fsp3) is 0.609. The number of hydrogen-bond donors (Lipinski definition) is 2. The minimum absolute atomic E-state index is 0.0432. The Hall–Kier alpha value is -2.21. The van der Waals surface area contributed by atoms with Crippen LogP contribution in [0.25, 0.3) is 5.76 Å². The molecule has 0 heterocycles. The molecule has 1 aromatic carbocycles. The normalized spacial score (nSPS) is 23.0. The molecule has 0 aromatic heterocycles. The average molecular weight is 403 g/mol. The first-order valence-electron chi connectivity index (χ1n) is 10.6. The van der Waals surface area contributed by atoms with Gasteiger partial charge in [0.05, 0.1) is 25.3 Å². The zero-order valence-electron chi connectivity index (χ0n) is 17.6. The Balaban J connectivity index is 1.47. The van der Waals surface area contributed by atoms with Crippen LogP contribution >= 0.6 is 0 Å². The Morgan fingerprint density at radius 1 is 1.28 bits per heavy atom. The largest absolute Gasteiger partial charge is 0.508 e. The first kappa shape index (κ1) is 21.5. The molecule has 1 amide bonds. The predicted molar refractivity (Wildman–Crippen MR) is 114 cm³/mol. The summed E-state index contributed by atoms with van der Waals surface area (Å²) in [6, 6.07) is 5.36. The van der Waals surface area contributed by atoms with E-state index in [1.807, 2.05) is 18.0 Å². The number of rotatable bonds is 8. The molecular formula is C23H34N2O4. The Morgan fingerprint density at radius 3 is 2.52 bits per heavy atom. The number of amides is 1. The Kier molecular flexibility index (Phi) is 7.06. The van der Waals surface area contributed by atoms with Crippen molar-refractivity contribution in [2.24, 2.45) is 17.6 Å². The first-order valence-corrected chi connectivity index (χ1v) is 10.6. The van der Waals surface area contributed by atoms with E-state index >= 15 is 0 Å². The minimum Gasteiger partial charge on any atom is -0.508 e. The molecule has 2 fully saturated rings. The van der Waals surface area contributed by atoms with Gasteiger partial charge in [0.25, 0.3) is 0 Å². The number of methoxy groups -OCH3 is 1. The second-order valence-electron chi connectivity index (χ2n) is 8.46. The molecule has 0 saturated heterocycles. The summed E-state index contributed by atoms with van der Waals surface area (Å²) < 4.78 is 11.2. The van der Waals surface area contributed by atoms with Gasteiger partial charge >= 0.3 is 0 Å². The van der Waals surface area contributed by atoms with E-state index in [9.17, 15) is 9.90 Å². The number of aliphatic hydroxyl groups excluding tert-OH is 1. The second-order valence-corrected chi connectivity index (χ2v) is 8.46. The van der Waals surface area contributed by atoms with Gasteiger partial charge in [-0.2, -0.15) is 0 Å². The number of likely N-dealkylation sites (N-methyl/N-ethyl adjacent to an activating group) is 1. The van der Waals surface area contributed by atoms with E-state index in [0.717, 1.165) is 38.5 Å². The molecule has 1 atom stereocenters. The lowest BCUT2D eigenvalue weighted by Crippen LogP contribution is -2.52. The van der Waals surface area contributed by atoms with Crippen LogP contribution in [-0.2, 0) is 4.79 Å². The van der Waals surface area contributed by atoms with E-state index in [-0.39, 0.29) is 23.6 Å². The topological polar surface area (TPSA) is 85.0 Å². The molecule has 0 unspecified atom stereocenters. The average Bonchev–Trinajstić information content (AvgIpc) is 2.69. The van der Waals surface area contributed by atoms with Gasteiger partial charge < -0.3 is 25.2 Å². The van der Waals surface area contributed by atoms with Crippen molar-refractivity contribution in [3.05, 3.63) is 30.3 Å². The van der Waals surface area contributed by atoms with Crippen LogP contribution < -0.4 is 15.2 Å². The predicted octanol–water partition coefficient (Wildman–Crippen LogP) is 3.75. The van der Waals surface area contributed by atoms with Crippen LogP contribution in [0.1, 0.15) is 50.5 Å². The molecule has 3 N–H and O–H groups in total. The number of carbonyl (C=O) groups excluding carboxylic acids is 1. The number of benzene rings is 1. The lowest BCUT2D eigenvalue weighted by molar-refractivity contribution is -0.136. The molecule has 0 bridgehead atoms. The van der Waals surface area contributed by atoms with Crippen molar-refractivity contribution in [2.75, 3.05) is 20.8 Å². The monoisotopic (exact) mass is 402 g/mol. The van der Waals surface area contributed by atoms with Gasteiger partial charge in [0, 0.05) is 13.1 Å². The van der Waals surface area contributed by atoms with Gasteiger partial charge in [0.1, 0.15) is 17.3 Å². The highest BCUT2D eigenvalue weighted by Gasteiger charge is 2.34. The summed E-state index contributed by atoms with van der Waals surface area (Å²) in [5, 5.41) is 9.72. The maximum absolute atomic E-state index is 12.6. The van der Waals surface area contributed by atoms with Crippen LogP contribution in [0.5, 0.6) is 11.5 Å². The number of ether oxygens (including phenoxy) is 2. The van der Waals surface area contributed by atoms with Gasteiger partial charge in [0.15, 0.2) is 0 Å². The number of carbonyl (C=O) groups is 1. The van der Waals surface area contributed by atoms with E-state index in [4.69, 9.17) is 15.2 Å². The summed E-state index contributed by atoms with van der Waals surface area (Å²) in [7, 11) is 3.45. The third-order valence-corrected chi connectivity index (χ3v) is 6.62. The molecule has 0 aliphatic heterocycles. The number of nitrogens with zero attached hydrogens (tertiary/aromatic N) is 1. The maximum atomic E-state index is 12.6. The van der Waals surface area contributed by atoms with Gasteiger partial charge in [-0.1, -0.05) is 6.58 Å². The summed E-state index contributed by atoms with van der Waals surface area (Å²) in [6.45, 7) is 4.19. The number of aliphatic hydroxyl groups is 1. The molecule has 2 saturated carbocycles. The van der Waals surface area contributed by atoms with Crippen molar-refractivity contribution in [3.63, 3.8) is 0 Å². The van der Waals surface area contributed by atoms with Gasteiger partial charge in [0.2, 0.25) is 5.91 Å². The van der Waals surface area contributed by atoms with Crippen molar-refractivity contribution in [1.29, 1.82) is 0 Å². The molecular weight excluding hydrogens is 368 g/mol. The molecule has 2 aliphatic carbocycles. The third kappa shape index (κ3) is 5.04.